The number of thioether (sulfide) groups is 2. The number of hydrogen-bond acceptors (Lipinski definition) is 16. The molecule has 2 unspecified atom stereocenters. The summed E-state index contributed by atoms with van der Waals surface area (Å²) < 4.78 is 1.35. The molecule has 54 heavy (non-hydrogen) atoms. The number of urea groups is 1. The largest absolute Gasteiger partial charge is 1.00 e. The number of anilines is 2. The summed E-state index contributed by atoms with van der Waals surface area (Å²) in [4.78, 5) is 72.7. The Morgan fingerprint density at radius 3 is 2.44 bits per heavy atom. The average molecular weight is 788 g/mol. The number of aliphatic carboxylic acids is 1. The molecule has 0 spiro atoms. The molecule has 276 valence electrons. The van der Waals surface area contributed by atoms with Crippen LogP contribution in [0.3, 0.4) is 0 Å². The number of rotatable bonds is 14. The number of carboxylic acids is 1. The maximum absolute atomic E-state index is 13.7. The zero-order valence-corrected chi connectivity index (χ0v) is 31.9. The molecule has 2 aliphatic rings. The number of phenols is 2. The molecule has 6 rings (SSSR count). The third-order valence-electron chi connectivity index (χ3n) is 7.93. The van der Waals surface area contributed by atoms with Crippen LogP contribution in [0.5, 0.6) is 11.5 Å². The fourth-order valence-corrected chi connectivity index (χ4v) is 7.72. The number of nitrogens with zero attached hydrogens (tertiary/aromatic N) is 6. The Kier molecular flexibility index (Phi) is 13.2. The molecular weight excluding hydrogens is 758 g/mol. The number of β-lactam (4-membered cyclic amide) rings is 1. The molecule has 4 aromatic rings. The van der Waals surface area contributed by atoms with Crippen molar-refractivity contribution in [2.45, 2.75) is 35.7 Å². The zero-order valence-electron chi connectivity index (χ0n) is 28.3. The van der Waals surface area contributed by atoms with Crippen LogP contribution in [-0.2, 0) is 27.5 Å². The van der Waals surface area contributed by atoms with Gasteiger partial charge in [0.25, 0.3) is 11.5 Å². The van der Waals surface area contributed by atoms with Crippen LogP contribution < -0.4 is 61.5 Å². The van der Waals surface area contributed by atoms with E-state index < -0.39 is 46.8 Å². The number of H-pyrrole nitrogens is 1. The Bertz CT molecular complexity index is 2120. The Morgan fingerprint density at radius 1 is 1.07 bits per heavy atom. The SMILES string of the molecule is O=C(Nc1cnc(NCc2ccc(O)cc2)[nH]c1=O)NC(C(=O)NC1C(=O)N2C(C(=O)[O-])=C(CSc3nnnn3CCO)CS[C@@H]12)c1ccc(O)cc1.[Na+]. The van der Waals surface area contributed by atoms with Crippen molar-refractivity contribution in [3.8, 4) is 11.5 Å². The predicted octanol–water partition coefficient (Wildman–Crippen LogP) is -4.16. The van der Waals surface area contributed by atoms with E-state index in [0.717, 1.165) is 28.4 Å². The second-order valence-corrected chi connectivity index (χ2v) is 13.5. The smallest absolute Gasteiger partial charge is 0.543 e. The molecule has 0 radical (unpaired) electrons. The second kappa shape index (κ2) is 17.8. The van der Waals surface area contributed by atoms with E-state index in [2.05, 4.69) is 46.8 Å². The fraction of sp³-hybridized carbons (Fsp3) is 0.258. The molecule has 20 nitrogen and oxygen atoms in total. The minimum atomic E-state index is -1.58. The summed E-state index contributed by atoms with van der Waals surface area (Å²) in [5.41, 5.74) is 0.113. The quantitative estimate of drug-likeness (QED) is 0.0342. The number of amides is 4. The Balaban J connectivity index is 0.00000561. The van der Waals surface area contributed by atoms with Crippen LogP contribution in [0.2, 0.25) is 0 Å². The number of aliphatic hydroxyl groups is 1. The van der Waals surface area contributed by atoms with Gasteiger partial charge in [0.15, 0.2) is 0 Å². The van der Waals surface area contributed by atoms with Gasteiger partial charge >= 0.3 is 35.6 Å². The molecule has 2 aromatic carbocycles. The van der Waals surface area contributed by atoms with Crippen molar-refractivity contribution in [2.24, 2.45) is 0 Å². The van der Waals surface area contributed by atoms with Crippen LogP contribution in [-0.4, -0.2) is 104 Å². The Labute approximate surface area is 335 Å². The van der Waals surface area contributed by atoms with E-state index in [1.54, 1.807) is 12.1 Å². The fourth-order valence-electron chi connectivity index (χ4n) is 5.34. The van der Waals surface area contributed by atoms with Crippen molar-refractivity contribution in [1.29, 1.82) is 0 Å². The predicted molar refractivity (Wildman–Crippen MR) is 186 cm³/mol. The van der Waals surface area contributed by atoms with Gasteiger partial charge in [-0.05, 0) is 51.4 Å². The number of tetrazole rings is 1. The second-order valence-electron chi connectivity index (χ2n) is 11.5. The van der Waals surface area contributed by atoms with Crippen molar-refractivity contribution in [3.63, 3.8) is 0 Å². The summed E-state index contributed by atoms with van der Waals surface area (Å²) in [5.74, 6) is -2.74. The number of carbonyl (C=O) groups excluding carboxylic acids is 4. The first-order valence-electron chi connectivity index (χ1n) is 15.7. The molecule has 1 saturated heterocycles. The van der Waals surface area contributed by atoms with E-state index in [1.807, 2.05) is 0 Å². The monoisotopic (exact) mass is 787 g/mol. The maximum Gasteiger partial charge on any atom is 1.00 e. The molecule has 4 amide bonds. The van der Waals surface area contributed by atoms with Crippen LogP contribution in [0.25, 0.3) is 0 Å². The molecule has 4 heterocycles. The number of fused-ring (bicyclic) bond motifs is 1. The van der Waals surface area contributed by atoms with Crippen LogP contribution in [0.15, 0.2) is 75.9 Å². The summed E-state index contributed by atoms with van der Waals surface area (Å²) >= 11 is 2.33. The molecule has 2 aromatic heterocycles. The first kappa shape index (κ1) is 40.1. The van der Waals surface area contributed by atoms with Crippen molar-refractivity contribution >= 4 is 59.0 Å². The molecular formula is C31H30N11NaO9S2. The van der Waals surface area contributed by atoms with E-state index in [0.29, 0.717) is 10.7 Å². The van der Waals surface area contributed by atoms with Crippen molar-refractivity contribution in [1.82, 2.24) is 45.7 Å². The number of aromatic amines is 1. The molecule has 8 N–H and O–H groups in total. The molecule has 2 aliphatic heterocycles. The minimum Gasteiger partial charge on any atom is -0.543 e. The maximum atomic E-state index is 13.7. The normalized spacial score (nSPS) is 16.7. The Morgan fingerprint density at radius 2 is 1.78 bits per heavy atom. The van der Waals surface area contributed by atoms with Crippen molar-refractivity contribution in [3.05, 3.63) is 87.5 Å². The van der Waals surface area contributed by atoms with Gasteiger partial charge in [-0.2, -0.15) is 0 Å². The van der Waals surface area contributed by atoms with Gasteiger partial charge < -0.3 is 46.5 Å². The number of phenolic OH excluding ortho intramolecular Hbond substituents is 2. The summed E-state index contributed by atoms with van der Waals surface area (Å²) in [6, 6.07) is 8.16. The summed E-state index contributed by atoms with van der Waals surface area (Å²) in [7, 11) is 0. The third-order valence-corrected chi connectivity index (χ3v) is 10.3. The van der Waals surface area contributed by atoms with Gasteiger partial charge in [-0.25, -0.2) is 14.5 Å². The summed E-state index contributed by atoms with van der Waals surface area (Å²) in [6.07, 6.45) is 1.11. The van der Waals surface area contributed by atoms with Crippen molar-refractivity contribution < 1.29 is 69.2 Å². The van der Waals surface area contributed by atoms with Crippen molar-refractivity contribution in [2.75, 3.05) is 28.7 Å². The number of carbonyl (C=O) groups is 4. The Hall–Kier alpha value is -5.13. The van der Waals surface area contributed by atoms with Gasteiger partial charge in [-0.3, -0.25) is 24.3 Å². The van der Waals surface area contributed by atoms with Gasteiger partial charge in [-0.1, -0.05) is 36.0 Å². The first-order valence-corrected chi connectivity index (χ1v) is 17.7. The number of benzene rings is 2. The summed E-state index contributed by atoms with van der Waals surface area (Å²) in [5, 5.41) is 61.7. The van der Waals surface area contributed by atoms with E-state index in [4.69, 9.17) is 0 Å². The van der Waals surface area contributed by atoms with E-state index in [1.165, 1.54) is 52.8 Å². The van der Waals surface area contributed by atoms with Gasteiger partial charge in [0.2, 0.25) is 17.0 Å². The number of carboxylic acid groups (broad SMARTS) is 1. The molecule has 23 heteroatoms. The molecule has 3 atom stereocenters. The standard InChI is InChI=1S/C31H31N11O9S2.Na/c43-10-9-41-31(38-39-40-41)53-14-17-13-52-27-22(26(48)42(27)23(17)28(49)50)35-25(47)21(16-3-7-19(45)8-4-16)36-30(51)34-20-12-33-29(37-24(20)46)32-11-15-1-5-18(44)6-2-15;/h1-8,12,21-22,27,43-45H,9-11,13-14H2,(H,35,47)(H,49,50)(H2,34,36,51)(H2,32,33,37,46);/q;+1/p-1/t21?,22?,27-;/m0./s1. The number of aromatic nitrogens is 6. The molecule has 0 saturated carbocycles. The number of nitrogens with one attached hydrogen (secondary N) is 5. The first-order chi connectivity index (χ1) is 25.5. The van der Waals surface area contributed by atoms with Gasteiger partial charge in [0.05, 0.1) is 31.0 Å². The van der Waals surface area contributed by atoms with E-state index >= 15 is 0 Å². The molecule has 1 fully saturated rings. The van der Waals surface area contributed by atoms with E-state index in [9.17, 15) is 44.4 Å². The van der Waals surface area contributed by atoms with Gasteiger partial charge in [0.1, 0.15) is 34.6 Å². The van der Waals surface area contributed by atoms with Gasteiger partial charge in [0, 0.05) is 18.1 Å². The van der Waals surface area contributed by atoms with Crippen LogP contribution >= 0.6 is 23.5 Å². The average Bonchev–Trinajstić information content (AvgIpc) is 3.59. The van der Waals surface area contributed by atoms with Crippen LogP contribution in [0.1, 0.15) is 17.2 Å². The number of aliphatic hydroxyl groups excluding tert-OH is 1. The number of aromatic hydroxyl groups is 2. The zero-order chi connectivity index (χ0) is 37.6. The summed E-state index contributed by atoms with van der Waals surface area (Å²) in [6.45, 7) is 0.205. The minimum absolute atomic E-state index is 0. The third kappa shape index (κ3) is 9.14. The van der Waals surface area contributed by atoms with Crippen LogP contribution in [0.4, 0.5) is 16.4 Å². The molecule has 0 bridgehead atoms. The topological polar surface area (TPSA) is 293 Å². The number of hydrogen-bond donors (Lipinski definition) is 8. The van der Waals surface area contributed by atoms with E-state index in [-0.39, 0.29) is 95.2 Å². The molecule has 0 aliphatic carbocycles. The van der Waals surface area contributed by atoms with Gasteiger partial charge in [-0.15, -0.1) is 16.9 Å². The van der Waals surface area contributed by atoms with Crippen LogP contribution in [0, 0.1) is 0 Å².